The van der Waals surface area contributed by atoms with Crippen LogP contribution in [0.15, 0.2) is 89.2 Å². The molecule has 4 heteroatoms. The van der Waals surface area contributed by atoms with E-state index in [4.69, 9.17) is 5.73 Å². The molecule has 2 N–H and O–H groups in total. The molecular formula is C33H38N4. The summed E-state index contributed by atoms with van der Waals surface area (Å²) >= 11 is 0. The Morgan fingerprint density at radius 1 is 1.16 bits per heavy atom. The van der Waals surface area contributed by atoms with Crippen LogP contribution in [0.4, 0.5) is 0 Å². The lowest BCUT2D eigenvalue weighted by Crippen LogP contribution is -2.45. The predicted molar refractivity (Wildman–Crippen MR) is 159 cm³/mol. The monoisotopic (exact) mass is 490 g/mol. The fourth-order valence-corrected chi connectivity index (χ4v) is 5.11. The minimum atomic E-state index is 0.195. The number of pyridine rings is 1. The van der Waals surface area contributed by atoms with Crippen molar-refractivity contribution in [3.05, 3.63) is 112 Å². The summed E-state index contributed by atoms with van der Waals surface area (Å²) in [6.45, 7) is 14.3. The third-order valence-electron chi connectivity index (χ3n) is 7.28. The number of hydrogen-bond donors (Lipinski definition) is 1. The maximum atomic E-state index is 6.51. The summed E-state index contributed by atoms with van der Waals surface area (Å²) < 4.78 is 0. The normalized spacial score (nSPS) is 21.4. The summed E-state index contributed by atoms with van der Waals surface area (Å²) in [5.74, 6) is 0. The van der Waals surface area contributed by atoms with E-state index in [1.165, 1.54) is 12.8 Å². The van der Waals surface area contributed by atoms with Gasteiger partial charge in [0.1, 0.15) is 0 Å². The fourth-order valence-electron chi connectivity index (χ4n) is 5.11. The topological polar surface area (TPSA) is 54.5 Å². The molecule has 2 aliphatic rings. The van der Waals surface area contributed by atoms with E-state index in [9.17, 15) is 0 Å². The van der Waals surface area contributed by atoms with Gasteiger partial charge >= 0.3 is 0 Å². The van der Waals surface area contributed by atoms with Crippen molar-refractivity contribution in [2.45, 2.75) is 58.5 Å². The first-order chi connectivity index (χ1) is 17.9. The molecule has 0 spiro atoms. The second-order valence-corrected chi connectivity index (χ2v) is 9.85. The number of nitrogens with zero attached hydrogens (tertiary/aromatic N) is 3. The van der Waals surface area contributed by atoms with Gasteiger partial charge in [-0.2, -0.15) is 0 Å². The number of aliphatic imine (C=N–C) groups is 1. The number of aryl methyl sites for hydroxylation is 1. The van der Waals surface area contributed by atoms with E-state index in [0.29, 0.717) is 6.04 Å². The Morgan fingerprint density at radius 3 is 2.70 bits per heavy atom. The predicted octanol–water partition coefficient (Wildman–Crippen LogP) is 5.66. The summed E-state index contributed by atoms with van der Waals surface area (Å²) in [4.78, 5) is 11.3. The minimum Gasteiger partial charge on any atom is -0.349 e. The lowest BCUT2D eigenvalue weighted by atomic mass is 9.90. The highest BCUT2D eigenvalue weighted by Crippen LogP contribution is 2.27. The number of nitrogens with two attached hydrogens (primary N) is 1. The average molecular weight is 491 g/mol. The molecule has 0 unspecified atom stereocenters. The van der Waals surface area contributed by atoms with Gasteiger partial charge in [0.2, 0.25) is 0 Å². The van der Waals surface area contributed by atoms with E-state index >= 15 is 0 Å². The summed E-state index contributed by atoms with van der Waals surface area (Å²) in [7, 11) is 0. The molecule has 0 radical (unpaired) electrons. The van der Waals surface area contributed by atoms with Crippen LogP contribution in [0.25, 0.3) is 23.9 Å². The van der Waals surface area contributed by atoms with E-state index in [1.54, 1.807) is 0 Å². The third-order valence-corrected chi connectivity index (χ3v) is 7.28. The van der Waals surface area contributed by atoms with Gasteiger partial charge < -0.3 is 10.6 Å². The Hall–Kier alpha value is -3.76. The Kier molecular flexibility index (Phi) is 8.52. The zero-order valence-corrected chi connectivity index (χ0v) is 22.3. The van der Waals surface area contributed by atoms with Crippen molar-refractivity contribution in [3.63, 3.8) is 0 Å². The van der Waals surface area contributed by atoms with Gasteiger partial charge in [-0.25, -0.2) is 0 Å². The SMILES string of the molecule is C=N/C(=C(\C)c1ccc(=C)/c(=C\C(=C/C)C2=CN([C@H]3CCCC[C@@H]3N)C=CC=C2)c1)c1cccc(C)n1. The zero-order chi connectivity index (χ0) is 26.4. The molecule has 1 aromatic heterocycles. The standard InChI is InChI=1S/C33H38N4/c1-6-26(28-13-9-10-19-37(22-28)32-16-8-7-14-30(32)34)20-29-21-27(18-17-23(29)2)25(4)33(35-5)31-15-11-12-24(3)36-31/h6,9-13,15,17-22,30,32H,2,5,7-8,14,16,34H2,1,3-4H3/b26-6+,29-20-,33-25+/t30-,32-/m0/s1. The Labute approximate surface area is 221 Å². The first kappa shape index (κ1) is 26.3. The van der Waals surface area contributed by atoms with E-state index in [2.05, 4.69) is 103 Å². The van der Waals surface area contributed by atoms with Gasteiger partial charge in [0.05, 0.1) is 11.4 Å². The molecule has 2 heterocycles. The van der Waals surface area contributed by atoms with Crippen LogP contribution in [-0.2, 0) is 0 Å². The maximum absolute atomic E-state index is 6.51. The van der Waals surface area contributed by atoms with E-state index in [1.807, 2.05) is 25.1 Å². The van der Waals surface area contributed by atoms with Crippen molar-refractivity contribution < 1.29 is 0 Å². The number of benzene rings is 1. The molecule has 1 aliphatic carbocycles. The first-order valence-electron chi connectivity index (χ1n) is 13.1. The number of hydrogen-bond acceptors (Lipinski definition) is 4. The summed E-state index contributed by atoms with van der Waals surface area (Å²) in [6, 6.07) is 12.8. The van der Waals surface area contributed by atoms with Crippen molar-refractivity contribution in [3.8, 4) is 0 Å². The fraction of sp³-hybridized carbons (Fsp3) is 0.273. The quantitative estimate of drug-likeness (QED) is 0.532. The number of rotatable bonds is 6. The van der Waals surface area contributed by atoms with Crippen LogP contribution in [0.3, 0.4) is 0 Å². The number of allylic oxidation sites excluding steroid dienone is 7. The molecule has 0 bridgehead atoms. The molecule has 190 valence electrons. The molecule has 1 aromatic carbocycles. The molecule has 2 atom stereocenters. The second kappa shape index (κ2) is 12.0. The first-order valence-corrected chi connectivity index (χ1v) is 13.1. The maximum Gasteiger partial charge on any atom is 0.0914 e. The van der Waals surface area contributed by atoms with Gasteiger partial charge in [0.15, 0.2) is 0 Å². The molecule has 37 heavy (non-hydrogen) atoms. The molecule has 4 rings (SSSR count). The lowest BCUT2D eigenvalue weighted by molar-refractivity contribution is 0.243. The highest BCUT2D eigenvalue weighted by Gasteiger charge is 2.25. The Balaban J connectivity index is 1.73. The summed E-state index contributed by atoms with van der Waals surface area (Å²) in [5.41, 5.74) is 13.5. The van der Waals surface area contributed by atoms with E-state index in [0.717, 1.165) is 62.6 Å². The van der Waals surface area contributed by atoms with Crippen LogP contribution in [0, 0.1) is 6.92 Å². The zero-order valence-electron chi connectivity index (χ0n) is 22.3. The molecule has 2 aromatic rings. The largest absolute Gasteiger partial charge is 0.349 e. The van der Waals surface area contributed by atoms with E-state index in [-0.39, 0.29) is 6.04 Å². The van der Waals surface area contributed by atoms with Crippen molar-refractivity contribution in [2.24, 2.45) is 10.7 Å². The van der Waals surface area contributed by atoms with Crippen LogP contribution >= 0.6 is 0 Å². The molecule has 1 aliphatic heterocycles. The van der Waals surface area contributed by atoms with Gasteiger partial charge in [0, 0.05) is 30.2 Å². The van der Waals surface area contributed by atoms with Gasteiger partial charge in [-0.1, -0.05) is 55.8 Å². The lowest BCUT2D eigenvalue weighted by Gasteiger charge is -2.36. The van der Waals surface area contributed by atoms with Crippen LogP contribution in [0.1, 0.15) is 56.5 Å². The van der Waals surface area contributed by atoms with Crippen molar-refractivity contribution in [1.29, 1.82) is 0 Å². The third kappa shape index (κ3) is 6.15. The van der Waals surface area contributed by atoms with Gasteiger partial charge in [0.25, 0.3) is 0 Å². The van der Waals surface area contributed by atoms with Crippen molar-refractivity contribution in [2.75, 3.05) is 0 Å². The van der Waals surface area contributed by atoms with Gasteiger partial charge in [-0.05, 0) is 103 Å². The summed E-state index contributed by atoms with van der Waals surface area (Å²) in [5, 5.41) is 2.04. The van der Waals surface area contributed by atoms with E-state index < -0.39 is 0 Å². The Morgan fingerprint density at radius 2 is 1.97 bits per heavy atom. The highest BCUT2D eigenvalue weighted by molar-refractivity contribution is 5.89. The Bertz CT molecular complexity index is 1420. The average Bonchev–Trinajstić information content (AvgIpc) is 3.15. The molecule has 0 saturated heterocycles. The molecule has 1 saturated carbocycles. The molecule has 1 fully saturated rings. The second-order valence-electron chi connectivity index (χ2n) is 9.85. The van der Waals surface area contributed by atoms with Crippen LogP contribution < -0.4 is 16.2 Å². The minimum absolute atomic E-state index is 0.195. The van der Waals surface area contributed by atoms with Crippen molar-refractivity contribution in [1.82, 2.24) is 9.88 Å². The van der Waals surface area contributed by atoms with Crippen LogP contribution in [0.5, 0.6) is 0 Å². The van der Waals surface area contributed by atoms with Crippen molar-refractivity contribution >= 4 is 30.6 Å². The van der Waals surface area contributed by atoms with Crippen LogP contribution in [0.2, 0.25) is 0 Å². The summed E-state index contributed by atoms with van der Waals surface area (Å²) in [6.07, 6.45) is 19.8. The van der Waals surface area contributed by atoms with Gasteiger partial charge in [-0.15, -0.1) is 0 Å². The van der Waals surface area contributed by atoms with Gasteiger partial charge in [-0.3, -0.25) is 9.98 Å². The highest BCUT2D eigenvalue weighted by atomic mass is 15.1. The molecular weight excluding hydrogens is 452 g/mol. The smallest absolute Gasteiger partial charge is 0.0914 e. The molecule has 4 nitrogen and oxygen atoms in total. The molecule has 0 amide bonds. The number of aromatic nitrogens is 1. The van der Waals surface area contributed by atoms with Crippen LogP contribution in [-0.4, -0.2) is 28.7 Å².